The van der Waals surface area contributed by atoms with Gasteiger partial charge in [0.15, 0.2) is 0 Å². The van der Waals surface area contributed by atoms with Gasteiger partial charge in [0.05, 0.1) is 0 Å². The highest BCUT2D eigenvalue weighted by Gasteiger charge is 2.09. The first-order valence-electron chi connectivity index (χ1n) is 6.72. The predicted octanol–water partition coefficient (Wildman–Crippen LogP) is 5.77. The molecule has 2 aromatic carbocycles. The number of benzene rings is 2. The minimum atomic E-state index is 0.920. The maximum Gasteiger partial charge on any atom is 0.0468 e. The van der Waals surface area contributed by atoms with Crippen LogP contribution in [-0.4, -0.2) is 9.97 Å². The van der Waals surface area contributed by atoms with Crippen LogP contribution >= 0.6 is 31.9 Å². The van der Waals surface area contributed by atoms with Crippen molar-refractivity contribution in [3.63, 3.8) is 0 Å². The summed E-state index contributed by atoms with van der Waals surface area (Å²) >= 11 is 7.02. The van der Waals surface area contributed by atoms with E-state index in [1.54, 1.807) is 0 Å². The number of halogens is 2. The highest BCUT2D eigenvalue weighted by Crippen LogP contribution is 2.28. The SMILES string of the molecule is Brc1ccc2c(Cc3c[nH]c4cc(Br)ccc34)c[nH]c2c1. The Morgan fingerprint density at radius 3 is 1.67 bits per heavy atom. The number of fused-ring (bicyclic) bond motifs is 2. The van der Waals surface area contributed by atoms with Crippen molar-refractivity contribution >= 4 is 53.7 Å². The predicted molar refractivity (Wildman–Crippen MR) is 94.8 cm³/mol. The second kappa shape index (κ2) is 5.04. The Morgan fingerprint density at radius 2 is 1.19 bits per heavy atom. The zero-order chi connectivity index (χ0) is 14.4. The average Bonchev–Trinajstić information content (AvgIpc) is 3.03. The molecule has 2 heterocycles. The molecule has 0 fully saturated rings. The zero-order valence-corrected chi connectivity index (χ0v) is 14.3. The normalized spacial score (nSPS) is 11.5. The molecule has 21 heavy (non-hydrogen) atoms. The van der Waals surface area contributed by atoms with Crippen LogP contribution in [0.2, 0.25) is 0 Å². The van der Waals surface area contributed by atoms with Gasteiger partial charge in [0, 0.05) is 49.6 Å². The van der Waals surface area contributed by atoms with Gasteiger partial charge in [0.1, 0.15) is 0 Å². The van der Waals surface area contributed by atoms with Crippen molar-refractivity contribution in [2.45, 2.75) is 6.42 Å². The van der Waals surface area contributed by atoms with E-state index in [0.29, 0.717) is 0 Å². The Labute approximate surface area is 138 Å². The molecule has 4 aromatic rings. The van der Waals surface area contributed by atoms with Gasteiger partial charge in [-0.1, -0.05) is 44.0 Å². The van der Waals surface area contributed by atoms with E-state index in [9.17, 15) is 0 Å². The number of aromatic amines is 2. The molecule has 0 saturated carbocycles. The molecule has 0 aliphatic heterocycles. The van der Waals surface area contributed by atoms with E-state index < -0.39 is 0 Å². The lowest BCUT2D eigenvalue weighted by Crippen LogP contribution is -1.84. The van der Waals surface area contributed by atoms with Crippen molar-refractivity contribution in [2.24, 2.45) is 0 Å². The average molecular weight is 404 g/mol. The molecule has 4 rings (SSSR count). The second-order valence-electron chi connectivity index (χ2n) is 5.18. The van der Waals surface area contributed by atoms with E-state index in [2.05, 4.69) is 90.6 Å². The topological polar surface area (TPSA) is 31.6 Å². The molecule has 104 valence electrons. The standard InChI is InChI=1S/C17H12Br2N2/c18-12-1-3-14-10(8-20-16(14)6-12)5-11-9-21-17-7-13(19)2-4-15(11)17/h1-4,6-9,20-21H,5H2. The van der Waals surface area contributed by atoms with Crippen LogP contribution in [0.15, 0.2) is 57.7 Å². The fourth-order valence-corrected chi connectivity index (χ4v) is 3.54. The highest BCUT2D eigenvalue weighted by molar-refractivity contribution is 9.10. The number of nitrogens with one attached hydrogen (secondary N) is 2. The van der Waals surface area contributed by atoms with Crippen molar-refractivity contribution in [2.75, 3.05) is 0 Å². The van der Waals surface area contributed by atoms with E-state index in [1.807, 2.05) is 0 Å². The van der Waals surface area contributed by atoms with Crippen LogP contribution in [-0.2, 0) is 6.42 Å². The molecule has 0 saturated heterocycles. The second-order valence-corrected chi connectivity index (χ2v) is 7.02. The fraction of sp³-hybridized carbons (Fsp3) is 0.0588. The van der Waals surface area contributed by atoms with Crippen molar-refractivity contribution in [1.82, 2.24) is 9.97 Å². The molecule has 4 heteroatoms. The van der Waals surface area contributed by atoms with Crippen molar-refractivity contribution in [1.29, 1.82) is 0 Å². The first kappa shape index (κ1) is 13.2. The lowest BCUT2D eigenvalue weighted by molar-refractivity contribution is 1.22. The first-order valence-corrected chi connectivity index (χ1v) is 8.30. The minimum Gasteiger partial charge on any atom is -0.361 e. The molecule has 2 aromatic heterocycles. The van der Waals surface area contributed by atoms with Gasteiger partial charge in [0.2, 0.25) is 0 Å². The van der Waals surface area contributed by atoms with E-state index >= 15 is 0 Å². The van der Waals surface area contributed by atoms with Gasteiger partial charge in [-0.05, 0) is 35.4 Å². The Kier molecular flexibility index (Phi) is 3.16. The summed E-state index contributed by atoms with van der Waals surface area (Å²) in [5.41, 5.74) is 4.98. The Bertz CT molecular complexity index is 872. The van der Waals surface area contributed by atoms with Crippen LogP contribution in [0.4, 0.5) is 0 Å². The first-order chi connectivity index (χ1) is 10.2. The highest BCUT2D eigenvalue weighted by atomic mass is 79.9. The molecule has 0 atom stereocenters. The van der Waals surface area contributed by atoms with E-state index in [0.717, 1.165) is 15.4 Å². The summed E-state index contributed by atoms with van der Waals surface area (Å²) in [6.45, 7) is 0. The number of hydrogen-bond donors (Lipinski definition) is 2. The zero-order valence-electron chi connectivity index (χ0n) is 11.1. The Balaban J connectivity index is 1.79. The van der Waals surface area contributed by atoms with Crippen molar-refractivity contribution in [3.05, 3.63) is 68.9 Å². The quantitative estimate of drug-likeness (QED) is 0.426. The van der Waals surface area contributed by atoms with Gasteiger partial charge >= 0.3 is 0 Å². The third-order valence-corrected chi connectivity index (χ3v) is 4.83. The van der Waals surface area contributed by atoms with Crippen LogP contribution in [0.1, 0.15) is 11.1 Å². The molecular weight excluding hydrogens is 392 g/mol. The fourth-order valence-electron chi connectivity index (χ4n) is 2.81. The van der Waals surface area contributed by atoms with Gasteiger partial charge in [-0.2, -0.15) is 0 Å². The summed E-state index contributed by atoms with van der Waals surface area (Å²) in [5.74, 6) is 0. The lowest BCUT2D eigenvalue weighted by atomic mass is 10.0. The van der Waals surface area contributed by atoms with Gasteiger partial charge in [-0.3, -0.25) is 0 Å². The maximum absolute atomic E-state index is 3.51. The summed E-state index contributed by atoms with van der Waals surface area (Å²) in [4.78, 5) is 6.70. The number of rotatable bonds is 2. The molecule has 0 spiro atoms. The summed E-state index contributed by atoms with van der Waals surface area (Å²) < 4.78 is 2.20. The van der Waals surface area contributed by atoms with Gasteiger partial charge < -0.3 is 9.97 Å². The number of H-pyrrole nitrogens is 2. The van der Waals surface area contributed by atoms with Crippen LogP contribution in [0, 0.1) is 0 Å². The molecule has 2 nitrogen and oxygen atoms in total. The van der Waals surface area contributed by atoms with Crippen molar-refractivity contribution < 1.29 is 0 Å². The van der Waals surface area contributed by atoms with E-state index in [4.69, 9.17) is 0 Å². The third kappa shape index (κ3) is 2.32. The molecule has 0 bridgehead atoms. The summed E-state index contributed by atoms with van der Waals surface area (Å²) in [6.07, 6.45) is 5.13. The number of aromatic nitrogens is 2. The molecular formula is C17H12Br2N2. The van der Waals surface area contributed by atoms with E-state index in [-0.39, 0.29) is 0 Å². The van der Waals surface area contributed by atoms with Crippen LogP contribution in [0.5, 0.6) is 0 Å². The molecule has 0 aliphatic carbocycles. The van der Waals surface area contributed by atoms with Gasteiger partial charge in [0.25, 0.3) is 0 Å². The molecule has 0 radical (unpaired) electrons. The lowest BCUT2D eigenvalue weighted by Gasteiger charge is -2.00. The smallest absolute Gasteiger partial charge is 0.0468 e. The van der Waals surface area contributed by atoms with Crippen LogP contribution in [0.25, 0.3) is 21.8 Å². The van der Waals surface area contributed by atoms with Crippen LogP contribution in [0.3, 0.4) is 0 Å². The summed E-state index contributed by atoms with van der Waals surface area (Å²) in [7, 11) is 0. The third-order valence-electron chi connectivity index (χ3n) is 3.84. The molecule has 0 aliphatic rings. The van der Waals surface area contributed by atoms with Gasteiger partial charge in [-0.25, -0.2) is 0 Å². The molecule has 2 N–H and O–H groups in total. The Morgan fingerprint density at radius 1 is 0.714 bits per heavy atom. The van der Waals surface area contributed by atoms with Crippen LogP contribution < -0.4 is 0 Å². The minimum absolute atomic E-state index is 0.920. The van der Waals surface area contributed by atoms with Crippen molar-refractivity contribution in [3.8, 4) is 0 Å². The molecule has 0 unspecified atom stereocenters. The number of hydrogen-bond acceptors (Lipinski definition) is 0. The van der Waals surface area contributed by atoms with E-state index in [1.165, 1.54) is 32.9 Å². The van der Waals surface area contributed by atoms with Gasteiger partial charge in [-0.15, -0.1) is 0 Å². The summed E-state index contributed by atoms with van der Waals surface area (Å²) in [5, 5.41) is 2.56. The molecule has 0 amide bonds. The monoisotopic (exact) mass is 402 g/mol. The largest absolute Gasteiger partial charge is 0.361 e. The Hall–Kier alpha value is -1.52. The maximum atomic E-state index is 3.51. The summed E-state index contributed by atoms with van der Waals surface area (Å²) in [6, 6.07) is 12.7.